The first-order valence-electron chi connectivity index (χ1n) is 22.3. The largest absolute Gasteiger partial charge is 0.310 e. The number of nitrogens with zero attached hydrogens (tertiary/aromatic N) is 2. The summed E-state index contributed by atoms with van der Waals surface area (Å²) in [4.78, 5) is 3.84. The Morgan fingerprint density at radius 2 is 0.652 bits per heavy atom. The van der Waals surface area contributed by atoms with Gasteiger partial charge in [0.15, 0.2) is 0 Å². The molecule has 0 fully saturated rings. The molecule has 2 nitrogen and oxygen atoms in total. The van der Waals surface area contributed by atoms with Gasteiger partial charge in [-0.2, -0.15) is 0 Å². The third kappa shape index (κ3) is 7.50. The quantitative estimate of drug-likeness (QED) is 0.111. The molecule has 0 saturated heterocycles. The van der Waals surface area contributed by atoms with Crippen molar-refractivity contribution in [1.29, 1.82) is 0 Å². The Balaban J connectivity index is 1.20. The van der Waals surface area contributed by atoms with E-state index in [1.54, 1.807) is 48.5 Å². The molecule has 0 saturated carbocycles. The second-order valence-electron chi connectivity index (χ2n) is 19.2. The Bertz CT molecular complexity index is 3130. The number of hydrogen-bond acceptors (Lipinski definition) is 2. The highest BCUT2D eigenvalue weighted by atomic mass is 19.1. The lowest BCUT2D eigenvalue weighted by molar-refractivity contribution is 0.589. The first-order valence-corrected chi connectivity index (χ1v) is 22.3. The van der Waals surface area contributed by atoms with Crippen molar-refractivity contribution in [3.8, 4) is 22.3 Å². The molecule has 0 aliphatic carbocycles. The van der Waals surface area contributed by atoms with Gasteiger partial charge < -0.3 is 9.80 Å². The van der Waals surface area contributed by atoms with E-state index in [2.05, 4.69) is 90.1 Å². The molecule has 10 aromatic rings. The minimum absolute atomic E-state index is 0.0858. The van der Waals surface area contributed by atoms with Crippen molar-refractivity contribution >= 4 is 66.4 Å². The van der Waals surface area contributed by atoms with E-state index < -0.39 is 23.3 Å². The van der Waals surface area contributed by atoms with Gasteiger partial charge in [0.05, 0.1) is 33.9 Å². The highest BCUT2D eigenvalue weighted by Crippen LogP contribution is 2.49. The fourth-order valence-electron chi connectivity index (χ4n) is 9.37. The van der Waals surface area contributed by atoms with Gasteiger partial charge in [-0.15, -0.1) is 0 Å². The Hall–Kier alpha value is -7.44. The summed E-state index contributed by atoms with van der Waals surface area (Å²) in [6.45, 7) is 12.9. The molecule has 0 aliphatic heterocycles. The fourth-order valence-corrected chi connectivity index (χ4v) is 9.37. The van der Waals surface area contributed by atoms with Crippen LogP contribution in [-0.4, -0.2) is 0 Å². The predicted octanol–water partition coefficient (Wildman–Crippen LogP) is 18.0. The van der Waals surface area contributed by atoms with Gasteiger partial charge in [-0.1, -0.05) is 163 Å². The van der Waals surface area contributed by atoms with Crippen molar-refractivity contribution in [3.63, 3.8) is 0 Å². The van der Waals surface area contributed by atoms with E-state index >= 15 is 17.6 Å². The molecule has 66 heavy (non-hydrogen) atoms. The molecule has 0 spiro atoms. The molecule has 0 heterocycles. The topological polar surface area (TPSA) is 6.48 Å². The minimum atomic E-state index is -0.671. The number of halogens is 4. The van der Waals surface area contributed by atoms with Crippen LogP contribution in [0.25, 0.3) is 54.6 Å². The van der Waals surface area contributed by atoms with Crippen LogP contribution in [0, 0.1) is 23.3 Å². The summed E-state index contributed by atoms with van der Waals surface area (Å²) >= 11 is 0. The minimum Gasteiger partial charge on any atom is -0.310 e. The van der Waals surface area contributed by atoms with Crippen LogP contribution in [0.5, 0.6) is 0 Å². The van der Waals surface area contributed by atoms with Gasteiger partial charge in [-0.05, 0) is 115 Å². The SMILES string of the molecule is CC(C)(C)c1ccc(N(c2cc(F)c(-c3ccccc3)c(F)c2)c2ccc3ccc4c(N(c5ccc(C(C)(C)C)cc5)c5cc(F)c(-c6ccccc6)c(F)c5)ccc5ccc2c3c54)cc1. The molecule has 0 atom stereocenters. The lowest BCUT2D eigenvalue weighted by Crippen LogP contribution is -2.14. The highest BCUT2D eigenvalue weighted by Gasteiger charge is 2.26. The average molecular weight is 873 g/mol. The van der Waals surface area contributed by atoms with Crippen molar-refractivity contribution < 1.29 is 17.6 Å². The average Bonchev–Trinajstić information content (AvgIpc) is 3.29. The van der Waals surface area contributed by atoms with Gasteiger partial charge in [0.2, 0.25) is 0 Å². The Morgan fingerprint density at radius 3 is 0.970 bits per heavy atom. The Labute approximate surface area is 383 Å². The van der Waals surface area contributed by atoms with Crippen molar-refractivity contribution in [2.75, 3.05) is 9.80 Å². The number of hydrogen-bond donors (Lipinski definition) is 0. The molecule has 0 unspecified atom stereocenters. The molecule has 6 heteroatoms. The van der Waals surface area contributed by atoms with Crippen LogP contribution in [0.1, 0.15) is 52.7 Å². The zero-order valence-corrected chi connectivity index (χ0v) is 37.7. The normalized spacial score (nSPS) is 12.1. The van der Waals surface area contributed by atoms with E-state index in [-0.39, 0.29) is 22.0 Å². The molecule has 0 amide bonds. The molecule has 0 N–H and O–H groups in total. The van der Waals surface area contributed by atoms with E-state index in [1.807, 2.05) is 70.5 Å². The summed E-state index contributed by atoms with van der Waals surface area (Å²) < 4.78 is 65.5. The molecule has 326 valence electrons. The molecule has 0 aliphatic rings. The Morgan fingerprint density at radius 1 is 0.333 bits per heavy atom. The van der Waals surface area contributed by atoms with Gasteiger partial charge in [-0.25, -0.2) is 17.6 Å². The van der Waals surface area contributed by atoms with Crippen LogP contribution in [0.3, 0.4) is 0 Å². The summed E-state index contributed by atoms with van der Waals surface area (Å²) in [5, 5.41) is 5.55. The van der Waals surface area contributed by atoms with E-state index in [0.29, 0.717) is 22.5 Å². The fraction of sp³-hybridized carbons (Fsp3) is 0.133. The van der Waals surface area contributed by atoms with Gasteiger partial charge in [0, 0.05) is 22.1 Å². The van der Waals surface area contributed by atoms with E-state index in [4.69, 9.17) is 0 Å². The van der Waals surface area contributed by atoms with Crippen LogP contribution in [0.15, 0.2) is 182 Å². The monoisotopic (exact) mass is 872 g/mol. The van der Waals surface area contributed by atoms with Crippen LogP contribution in [0.4, 0.5) is 51.7 Å². The van der Waals surface area contributed by atoms with Gasteiger partial charge >= 0.3 is 0 Å². The molecule has 10 rings (SSSR count). The smallest absolute Gasteiger partial charge is 0.136 e. The van der Waals surface area contributed by atoms with Crippen LogP contribution in [-0.2, 0) is 10.8 Å². The second-order valence-corrected chi connectivity index (χ2v) is 19.2. The summed E-state index contributed by atoms with van der Waals surface area (Å²) in [6.07, 6.45) is 0. The second kappa shape index (κ2) is 16.2. The molecule has 0 aromatic heterocycles. The lowest BCUT2D eigenvalue weighted by atomic mass is 9.87. The van der Waals surface area contributed by atoms with Gasteiger partial charge in [0.25, 0.3) is 0 Å². The number of rotatable bonds is 8. The van der Waals surface area contributed by atoms with E-state index in [1.165, 1.54) is 24.3 Å². The summed E-state index contributed by atoms with van der Waals surface area (Å²) in [5.41, 5.74) is 6.34. The van der Waals surface area contributed by atoms with E-state index in [9.17, 15) is 0 Å². The standard InChI is InChI=1S/C60H48F4N2/c1-59(2,3)41-21-25-43(26-22-41)65(45-33-49(61)57(50(62)34-45)37-13-9-7-10-14-37)53-31-19-39-18-30-48-54(32-20-40-17-29-47(53)55(39)56(40)48)66(44-27-23-42(24-28-44)60(4,5)6)46-35-51(63)58(52(64)36-46)38-15-11-8-12-16-38/h7-36H,1-6H3. The molecular weight excluding hydrogens is 825 g/mol. The van der Waals surface area contributed by atoms with Crippen molar-refractivity contribution in [2.45, 2.75) is 52.4 Å². The maximum Gasteiger partial charge on any atom is 0.136 e. The third-order valence-corrected chi connectivity index (χ3v) is 12.8. The van der Waals surface area contributed by atoms with E-state index in [0.717, 1.165) is 66.2 Å². The lowest BCUT2D eigenvalue weighted by Gasteiger charge is -2.30. The molecule has 10 aromatic carbocycles. The Kier molecular flexibility index (Phi) is 10.4. The summed E-state index contributed by atoms with van der Waals surface area (Å²) in [6, 6.07) is 55.8. The molecular formula is C60H48F4N2. The van der Waals surface area contributed by atoms with Crippen molar-refractivity contribution in [2.24, 2.45) is 0 Å². The van der Waals surface area contributed by atoms with Crippen LogP contribution >= 0.6 is 0 Å². The zero-order chi connectivity index (χ0) is 46.1. The summed E-state index contributed by atoms with van der Waals surface area (Å²) in [5.74, 6) is -2.68. The van der Waals surface area contributed by atoms with Gasteiger partial charge in [0.1, 0.15) is 23.3 Å². The first-order chi connectivity index (χ1) is 31.7. The zero-order valence-electron chi connectivity index (χ0n) is 37.7. The van der Waals surface area contributed by atoms with Crippen LogP contribution in [0.2, 0.25) is 0 Å². The number of benzene rings is 10. The maximum absolute atomic E-state index is 16.4. The molecule has 0 radical (unpaired) electrons. The first kappa shape index (κ1) is 42.5. The maximum atomic E-state index is 16.4. The van der Waals surface area contributed by atoms with Crippen LogP contribution < -0.4 is 9.80 Å². The van der Waals surface area contributed by atoms with Gasteiger partial charge in [-0.3, -0.25) is 0 Å². The number of anilines is 6. The van der Waals surface area contributed by atoms with Crippen molar-refractivity contribution in [1.82, 2.24) is 0 Å². The highest BCUT2D eigenvalue weighted by molar-refractivity contribution is 6.28. The molecule has 0 bridgehead atoms. The predicted molar refractivity (Wildman–Crippen MR) is 268 cm³/mol. The van der Waals surface area contributed by atoms with Crippen molar-refractivity contribution in [3.05, 3.63) is 216 Å². The summed E-state index contributed by atoms with van der Waals surface area (Å²) in [7, 11) is 0. The third-order valence-electron chi connectivity index (χ3n) is 12.8.